The Labute approximate surface area is 273 Å². The minimum atomic E-state index is -4.18. The Morgan fingerprint density at radius 2 is 1.39 bits per heavy atom. The molecule has 0 spiro atoms. The molecule has 0 aliphatic heterocycles. The molecule has 0 bridgehead atoms. The molecule has 1 N–H and O–H groups in total. The zero-order valence-electron chi connectivity index (χ0n) is 27.1. The van der Waals surface area contributed by atoms with E-state index in [-0.39, 0.29) is 23.8 Å². The van der Waals surface area contributed by atoms with Crippen molar-refractivity contribution in [2.75, 3.05) is 17.5 Å². The Hall–Kier alpha value is -4.63. The van der Waals surface area contributed by atoms with Gasteiger partial charge in [0.15, 0.2) is 0 Å². The van der Waals surface area contributed by atoms with Crippen molar-refractivity contribution in [1.29, 1.82) is 0 Å². The molecule has 0 heterocycles. The molecule has 0 aliphatic carbocycles. The summed E-state index contributed by atoms with van der Waals surface area (Å²) in [6, 6.07) is 30.9. The zero-order chi connectivity index (χ0) is 33.3. The van der Waals surface area contributed by atoms with Crippen molar-refractivity contribution in [2.45, 2.75) is 64.1 Å². The van der Waals surface area contributed by atoms with Crippen LogP contribution in [0, 0.1) is 6.92 Å². The van der Waals surface area contributed by atoms with Crippen LogP contribution in [0.3, 0.4) is 0 Å². The summed E-state index contributed by atoms with van der Waals surface area (Å²) in [6.07, 6.45) is 0.245. The van der Waals surface area contributed by atoms with E-state index in [1.165, 1.54) is 17.0 Å². The molecule has 46 heavy (non-hydrogen) atoms. The lowest BCUT2D eigenvalue weighted by Crippen LogP contribution is -2.56. The third kappa shape index (κ3) is 9.20. The van der Waals surface area contributed by atoms with Crippen molar-refractivity contribution >= 4 is 27.5 Å². The predicted octanol–water partition coefficient (Wildman–Crippen LogP) is 6.14. The molecule has 1 atom stereocenters. The first-order chi connectivity index (χ1) is 21.9. The van der Waals surface area contributed by atoms with Crippen LogP contribution in [0.15, 0.2) is 114 Å². The van der Waals surface area contributed by atoms with Crippen molar-refractivity contribution in [3.63, 3.8) is 0 Å². The fourth-order valence-corrected chi connectivity index (χ4v) is 6.46. The molecule has 0 fully saturated rings. The van der Waals surface area contributed by atoms with Gasteiger partial charge in [0, 0.05) is 18.5 Å². The van der Waals surface area contributed by atoms with E-state index in [2.05, 4.69) is 5.32 Å². The molecule has 4 rings (SSSR count). The number of sulfonamides is 1. The van der Waals surface area contributed by atoms with Crippen LogP contribution in [0.1, 0.15) is 44.4 Å². The van der Waals surface area contributed by atoms with Gasteiger partial charge in [-0.25, -0.2) is 8.42 Å². The van der Waals surface area contributed by atoms with Crippen LogP contribution < -0.4 is 14.4 Å². The first-order valence-corrected chi connectivity index (χ1v) is 16.8. The van der Waals surface area contributed by atoms with E-state index in [0.29, 0.717) is 18.0 Å². The predicted molar refractivity (Wildman–Crippen MR) is 182 cm³/mol. The molecule has 2 amide bonds. The highest BCUT2D eigenvalue weighted by Crippen LogP contribution is 2.27. The third-order valence-electron chi connectivity index (χ3n) is 7.29. The molecule has 4 aromatic carbocycles. The molecule has 1 unspecified atom stereocenters. The fourth-order valence-electron chi connectivity index (χ4n) is 5.02. The largest absolute Gasteiger partial charge is 0.494 e. The molecule has 0 saturated heterocycles. The Kier molecular flexibility index (Phi) is 11.2. The van der Waals surface area contributed by atoms with Crippen LogP contribution in [0.2, 0.25) is 0 Å². The summed E-state index contributed by atoms with van der Waals surface area (Å²) >= 11 is 0. The van der Waals surface area contributed by atoms with E-state index < -0.39 is 34.1 Å². The Morgan fingerprint density at radius 1 is 0.804 bits per heavy atom. The molecule has 4 aromatic rings. The second-order valence-corrected chi connectivity index (χ2v) is 14.1. The number of carbonyl (C=O) groups excluding carboxylic acids is 2. The van der Waals surface area contributed by atoms with E-state index in [1.807, 2.05) is 89.2 Å². The molecule has 242 valence electrons. The van der Waals surface area contributed by atoms with E-state index in [0.717, 1.165) is 21.0 Å². The van der Waals surface area contributed by atoms with Crippen molar-refractivity contribution in [3.05, 3.63) is 126 Å². The number of nitrogens with zero attached hydrogens (tertiary/aromatic N) is 2. The van der Waals surface area contributed by atoms with Gasteiger partial charge in [0.1, 0.15) is 18.3 Å². The van der Waals surface area contributed by atoms with Crippen LogP contribution in [0.4, 0.5) is 5.69 Å². The summed E-state index contributed by atoms with van der Waals surface area (Å²) < 4.78 is 34.9. The van der Waals surface area contributed by atoms with Gasteiger partial charge in [-0.15, -0.1) is 0 Å². The average Bonchev–Trinajstić information content (AvgIpc) is 3.03. The molecule has 0 aliphatic rings. The third-order valence-corrected chi connectivity index (χ3v) is 9.08. The van der Waals surface area contributed by atoms with E-state index >= 15 is 0 Å². The fraction of sp³-hybridized carbons (Fsp3) is 0.297. The van der Waals surface area contributed by atoms with E-state index in [1.54, 1.807) is 42.5 Å². The van der Waals surface area contributed by atoms with Crippen LogP contribution in [-0.4, -0.2) is 49.9 Å². The number of nitrogens with one attached hydrogen (secondary N) is 1. The lowest BCUT2D eigenvalue weighted by atomic mass is 10.0. The summed E-state index contributed by atoms with van der Waals surface area (Å²) in [7, 11) is -4.18. The van der Waals surface area contributed by atoms with Crippen molar-refractivity contribution < 1.29 is 22.7 Å². The molecule has 0 aromatic heterocycles. The Bertz CT molecular complexity index is 1690. The quantitative estimate of drug-likeness (QED) is 0.189. The SMILES string of the molecule is CCOc1ccc(N(CC(=O)N(Cc2ccc(C)cc2)C(Cc2ccccc2)C(=O)NC(C)(C)C)S(=O)(=O)c2ccccc2)cc1. The standard InChI is InChI=1S/C37H43N3O5S/c1-6-45-32-23-21-31(22-24-32)40(46(43,44)33-15-11-8-12-16-33)27-35(41)39(26-30-19-17-28(2)18-20-30)34(36(42)38-37(3,4)5)25-29-13-9-7-10-14-29/h7-24,34H,6,25-27H2,1-5H3,(H,38,42). The molecule has 8 nitrogen and oxygen atoms in total. The Balaban J connectivity index is 1.80. The minimum Gasteiger partial charge on any atom is -0.494 e. The van der Waals surface area contributed by atoms with Gasteiger partial charge in [0.2, 0.25) is 11.8 Å². The maximum atomic E-state index is 14.6. The van der Waals surface area contributed by atoms with Gasteiger partial charge in [-0.2, -0.15) is 0 Å². The van der Waals surface area contributed by atoms with Gasteiger partial charge in [-0.3, -0.25) is 13.9 Å². The van der Waals surface area contributed by atoms with Gasteiger partial charge in [0.25, 0.3) is 10.0 Å². The second-order valence-electron chi connectivity index (χ2n) is 12.2. The first-order valence-electron chi connectivity index (χ1n) is 15.4. The van der Waals surface area contributed by atoms with Crippen molar-refractivity contribution in [1.82, 2.24) is 10.2 Å². The van der Waals surface area contributed by atoms with Crippen molar-refractivity contribution in [3.8, 4) is 5.75 Å². The summed E-state index contributed by atoms with van der Waals surface area (Å²) in [6.45, 7) is 9.54. The van der Waals surface area contributed by atoms with E-state index in [4.69, 9.17) is 4.74 Å². The maximum absolute atomic E-state index is 14.6. The highest BCUT2D eigenvalue weighted by molar-refractivity contribution is 7.92. The molecule has 0 radical (unpaired) electrons. The van der Waals surface area contributed by atoms with Gasteiger partial charge in [-0.1, -0.05) is 78.4 Å². The number of benzene rings is 4. The van der Waals surface area contributed by atoms with Gasteiger partial charge in [0.05, 0.1) is 17.2 Å². The molecule has 9 heteroatoms. The Morgan fingerprint density at radius 3 is 1.96 bits per heavy atom. The number of amides is 2. The molecular weight excluding hydrogens is 598 g/mol. The number of hydrogen-bond donors (Lipinski definition) is 1. The van der Waals surface area contributed by atoms with Crippen LogP contribution >= 0.6 is 0 Å². The highest BCUT2D eigenvalue weighted by atomic mass is 32.2. The summed E-state index contributed by atoms with van der Waals surface area (Å²) in [4.78, 5) is 30.1. The lowest BCUT2D eigenvalue weighted by molar-refractivity contribution is -0.140. The first kappa shape index (κ1) is 34.2. The average molecular weight is 642 g/mol. The number of carbonyl (C=O) groups is 2. The normalized spacial score (nSPS) is 12.2. The topological polar surface area (TPSA) is 96.0 Å². The molecular formula is C37H43N3O5S. The lowest BCUT2D eigenvalue weighted by Gasteiger charge is -2.35. The van der Waals surface area contributed by atoms with Crippen LogP contribution in [0.5, 0.6) is 5.75 Å². The maximum Gasteiger partial charge on any atom is 0.264 e. The van der Waals surface area contributed by atoms with E-state index in [9.17, 15) is 18.0 Å². The second kappa shape index (κ2) is 15.1. The van der Waals surface area contributed by atoms with Gasteiger partial charge < -0.3 is 15.0 Å². The minimum absolute atomic E-state index is 0.0491. The zero-order valence-corrected chi connectivity index (χ0v) is 28.0. The summed E-state index contributed by atoms with van der Waals surface area (Å²) in [5.41, 5.74) is 2.49. The summed E-state index contributed by atoms with van der Waals surface area (Å²) in [5.74, 6) is -0.258. The highest BCUT2D eigenvalue weighted by Gasteiger charge is 2.35. The number of rotatable bonds is 13. The van der Waals surface area contributed by atoms with Crippen LogP contribution in [0.25, 0.3) is 0 Å². The smallest absolute Gasteiger partial charge is 0.264 e. The van der Waals surface area contributed by atoms with Gasteiger partial charge in [-0.05, 0) is 82.1 Å². The van der Waals surface area contributed by atoms with Gasteiger partial charge >= 0.3 is 0 Å². The summed E-state index contributed by atoms with van der Waals surface area (Å²) in [5, 5.41) is 3.05. The number of hydrogen-bond acceptors (Lipinski definition) is 5. The monoisotopic (exact) mass is 641 g/mol. The van der Waals surface area contributed by atoms with Crippen molar-refractivity contribution in [2.24, 2.45) is 0 Å². The van der Waals surface area contributed by atoms with Crippen LogP contribution in [-0.2, 0) is 32.6 Å². The number of anilines is 1. The molecule has 0 saturated carbocycles. The number of aryl methyl sites for hydroxylation is 1. The number of ether oxygens (including phenoxy) is 1.